The monoisotopic (exact) mass is 264 g/mol. The van der Waals surface area contributed by atoms with Crippen molar-refractivity contribution in [2.24, 2.45) is 0 Å². The van der Waals surface area contributed by atoms with Crippen molar-refractivity contribution in [2.75, 3.05) is 0 Å². The molecule has 2 aromatic rings. The van der Waals surface area contributed by atoms with Crippen molar-refractivity contribution < 1.29 is 0 Å². The highest BCUT2D eigenvalue weighted by Gasteiger charge is 2.00. The summed E-state index contributed by atoms with van der Waals surface area (Å²) < 4.78 is 1.11. The van der Waals surface area contributed by atoms with Gasteiger partial charge in [0.15, 0.2) is 0 Å². The summed E-state index contributed by atoms with van der Waals surface area (Å²) in [4.78, 5) is 2.50. The van der Waals surface area contributed by atoms with Crippen LogP contribution >= 0.6 is 27.3 Å². The first-order valence-electron chi connectivity index (χ1n) is 4.28. The molecule has 1 heterocycles. The van der Waals surface area contributed by atoms with Gasteiger partial charge < -0.3 is 0 Å². The van der Waals surface area contributed by atoms with Gasteiger partial charge in [0.25, 0.3) is 0 Å². The predicted molar refractivity (Wildman–Crippen MR) is 67.5 cm³/mol. The second kappa shape index (κ2) is 4.11. The molecule has 2 heteroatoms. The zero-order valence-electron chi connectivity index (χ0n) is 7.53. The van der Waals surface area contributed by atoms with Gasteiger partial charge in [-0.05, 0) is 29.8 Å². The van der Waals surface area contributed by atoms with E-state index < -0.39 is 0 Å². The number of thiophene rings is 1. The molecule has 0 aliphatic carbocycles. The molecule has 0 saturated heterocycles. The molecule has 70 valence electrons. The molecule has 0 spiro atoms. The molecule has 0 N–H and O–H groups in total. The predicted octanol–water partition coefficient (Wildman–Crippen LogP) is 4.82. The maximum absolute atomic E-state index is 3.75. The van der Waals surface area contributed by atoms with Gasteiger partial charge in [-0.15, -0.1) is 11.3 Å². The van der Waals surface area contributed by atoms with Crippen molar-refractivity contribution in [3.63, 3.8) is 0 Å². The Morgan fingerprint density at radius 1 is 1.07 bits per heavy atom. The molecular weight excluding hydrogens is 256 g/mol. The summed E-state index contributed by atoms with van der Waals surface area (Å²) in [6.45, 7) is 3.75. The van der Waals surface area contributed by atoms with E-state index in [0.29, 0.717) is 0 Å². The highest BCUT2D eigenvalue weighted by molar-refractivity contribution is 9.10. The summed E-state index contributed by atoms with van der Waals surface area (Å²) >= 11 is 5.18. The Kier molecular flexibility index (Phi) is 2.85. The molecule has 0 fully saturated rings. The van der Waals surface area contributed by atoms with Gasteiger partial charge in [0, 0.05) is 14.2 Å². The second-order valence-corrected chi connectivity index (χ2v) is 4.94. The fourth-order valence-corrected chi connectivity index (χ4v) is 2.36. The first-order valence-corrected chi connectivity index (χ1v) is 5.89. The lowest BCUT2D eigenvalue weighted by Crippen LogP contribution is -1.69. The molecule has 0 nitrogen and oxygen atoms in total. The number of benzene rings is 1. The van der Waals surface area contributed by atoms with Gasteiger partial charge in [-0.3, -0.25) is 0 Å². The maximum atomic E-state index is 3.75. The van der Waals surface area contributed by atoms with E-state index >= 15 is 0 Å². The van der Waals surface area contributed by atoms with E-state index in [1.54, 1.807) is 11.3 Å². The molecule has 0 aliphatic heterocycles. The van der Waals surface area contributed by atoms with Crippen LogP contribution in [0, 0.1) is 0 Å². The average Bonchev–Trinajstić information content (AvgIpc) is 2.67. The van der Waals surface area contributed by atoms with E-state index in [2.05, 4.69) is 58.9 Å². The summed E-state index contributed by atoms with van der Waals surface area (Å²) in [5.41, 5.74) is 1.26. The molecular formula is C12H9BrS. The summed E-state index contributed by atoms with van der Waals surface area (Å²) in [7, 11) is 0. The summed E-state index contributed by atoms with van der Waals surface area (Å²) in [5.74, 6) is 0. The van der Waals surface area contributed by atoms with Crippen LogP contribution < -0.4 is 0 Å². The van der Waals surface area contributed by atoms with E-state index in [1.165, 1.54) is 15.3 Å². The average molecular weight is 265 g/mol. The third-order valence-corrected chi connectivity index (χ3v) is 3.62. The molecule has 0 radical (unpaired) electrons. The largest absolute Gasteiger partial charge is 0.136 e. The number of hydrogen-bond acceptors (Lipinski definition) is 1. The molecule has 0 unspecified atom stereocenters. The van der Waals surface area contributed by atoms with Crippen LogP contribution in [-0.4, -0.2) is 0 Å². The molecule has 0 atom stereocenters. The Labute approximate surface area is 96.0 Å². The first-order chi connectivity index (χ1) is 6.79. The smallest absolute Gasteiger partial charge is 0.0349 e. The van der Waals surface area contributed by atoms with Gasteiger partial charge in [-0.25, -0.2) is 0 Å². The van der Waals surface area contributed by atoms with Crippen molar-refractivity contribution in [1.29, 1.82) is 0 Å². The van der Waals surface area contributed by atoms with Crippen molar-refractivity contribution >= 4 is 33.3 Å². The summed E-state index contributed by atoms with van der Waals surface area (Å²) in [6.07, 6.45) is 1.88. The Morgan fingerprint density at radius 3 is 2.36 bits per heavy atom. The highest BCUT2D eigenvalue weighted by atomic mass is 79.9. The lowest BCUT2D eigenvalue weighted by molar-refractivity contribution is 1.65. The molecule has 14 heavy (non-hydrogen) atoms. The van der Waals surface area contributed by atoms with Crippen LogP contribution in [0.5, 0.6) is 0 Å². The fourth-order valence-electron chi connectivity index (χ4n) is 1.23. The minimum absolute atomic E-state index is 1.11. The minimum atomic E-state index is 1.11. The molecule has 0 bridgehead atoms. The van der Waals surface area contributed by atoms with Crippen LogP contribution in [0.3, 0.4) is 0 Å². The molecule has 0 saturated carbocycles. The van der Waals surface area contributed by atoms with Crippen molar-refractivity contribution in [2.45, 2.75) is 0 Å². The number of rotatable bonds is 2. The van der Waals surface area contributed by atoms with E-state index in [0.717, 1.165) is 4.47 Å². The highest BCUT2D eigenvalue weighted by Crippen LogP contribution is 2.29. The zero-order chi connectivity index (χ0) is 9.97. The SMILES string of the molecule is C=Cc1ccc(-c2ccc(Br)cc2)s1. The molecule has 1 aromatic heterocycles. The lowest BCUT2D eigenvalue weighted by atomic mass is 10.2. The van der Waals surface area contributed by atoms with Crippen molar-refractivity contribution in [3.05, 3.63) is 52.3 Å². The number of hydrogen-bond donors (Lipinski definition) is 0. The van der Waals surface area contributed by atoms with Gasteiger partial charge in [0.05, 0.1) is 0 Å². The van der Waals surface area contributed by atoms with Crippen LogP contribution in [0.2, 0.25) is 0 Å². The van der Waals surface area contributed by atoms with Gasteiger partial charge in [-0.1, -0.05) is 40.7 Å². The van der Waals surface area contributed by atoms with Crippen molar-refractivity contribution in [3.8, 4) is 10.4 Å². The third-order valence-electron chi connectivity index (χ3n) is 1.96. The molecule has 2 rings (SSSR count). The minimum Gasteiger partial charge on any atom is -0.136 e. The first kappa shape index (κ1) is 9.69. The Morgan fingerprint density at radius 2 is 1.79 bits per heavy atom. The van der Waals surface area contributed by atoms with Crippen LogP contribution in [0.15, 0.2) is 47.4 Å². The second-order valence-electron chi connectivity index (χ2n) is 2.91. The van der Waals surface area contributed by atoms with E-state index in [9.17, 15) is 0 Å². The Bertz CT molecular complexity index is 440. The van der Waals surface area contributed by atoms with Crippen molar-refractivity contribution in [1.82, 2.24) is 0 Å². The Hall–Kier alpha value is -0.860. The zero-order valence-corrected chi connectivity index (χ0v) is 9.94. The lowest BCUT2D eigenvalue weighted by Gasteiger charge is -1.96. The Balaban J connectivity index is 2.39. The normalized spacial score (nSPS) is 10.1. The molecule has 0 amide bonds. The summed E-state index contributed by atoms with van der Waals surface area (Å²) in [5, 5.41) is 0. The molecule has 0 aliphatic rings. The summed E-state index contributed by atoms with van der Waals surface area (Å²) in [6, 6.07) is 12.6. The topological polar surface area (TPSA) is 0 Å². The molecule has 1 aromatic carbocycles. The van der Waals surface area contributed by atoms with Gasteiger partial charge in [-0.2, -0.15) is 0 Å². The fraction of sp³-hybridized carbons (Fsp3) is 0. The van der Waals surface area contributed by atoms with Gasteiger partial charge in [0.1, 0.15) is 0 Å². The quantitative estimate of drug-likeness (QED) is 0.730. The van der Waals surface area contributed by atoms with E-state index in [1.807, 2.05) is 6.08 Å². The van der Waals surface area contributed by atoms with Crippen LogP contribution in [0.25, 0.3) is 16.5 Å². The van der Waals surface area contributed by atoms with E-state index in [-0.39, 0.29) is 0 Å². The standard InChI is InChI=1S/C12H9BrS/c1-2-11-7-8-12(14-11)9-3-5-10(13)6-4-9/h2-8H,1H2. The van der Waals surface area contributed by atoms with Crippen LogP contribution in [0.4, 0.5) is 0 Å². The third kappa shape index (κ3) is 1.97. The van der Waals surface area contributed by atoms with Gasteiger partial charge in [0.2, 0.25) is 0 Å². The number of halogens is 1. The van der Waals surface area contributed by atoms with Crippen LogP contribution in [0.1, 0.15) is 4.88 Å². The van der Waals surface area contributed by atoms with E-state index in [4.69, 9.17) is 0 Å². The van der Waals surface area contributed by atoms with Crippen LogP contribution in [-0.2, 0) is 0 Å². The maximum Gasteiger partial charge on any atom is 0.0349 e. The van der Waals surface area contributed by atoms with Gasteiger partial charge >= 0.3 is 0 Å².